The van der Waals surface area contributed by atoms with Crippen molar-refractivity contribution in [1.29, 1.82) is 0 Å². The lowest BCUT2D eigenvalue weighted by Crippen LogP contribution is -2.36. The first kappa shape index (κ1) is 13.9. The number of carbonyl (C=O) groups excluding carboxylic acids is 1. The van der Waals surface area contributed by atoms with Crippen LogP contribution in [0.15, 0.2) is 59.2 Å². The number of carbonyl (C=O) groups is 1. The largest absolute Gasteiger partial charge is 0.325 e. The van der Waals surface area contributed by atoms with E-state index < -0.39 is 0 Å². The molecule has 1 N–H and O–H groups in total. The van der Waals surface area contributed by atoms with Gasteiger partial charge in [-0.05, 0) is 35.8 Å². The van der Waals surface area contributed by atoms with E-state index in [1.54, 1.807) is 11.1 Å². The molecule has 0 fully saturated rings. The van der Waals surface area contributed by atoms with Gasteiger partial charge in [-0.25, -0.2) is 4.79 Å². The van der Waals surface area contributed by atoms with Gasteiger partial charge in [0.25, 0.3) is 0 Å². The van der Waals surface area contributed by atoms with Crippen molar-refractivity contribution in [3.05, 3.63) is 70.3 Å². The average Bonchev–Trinajstić information content (AvgIpc) is 2.93. The van der Waals surface area contributed by atoms with Crippen LogP contribution in [0.2, 0.25) is 0 Å². The van der Waals surface area contributed by atoms with E-state index in [9.17, 15) is 4.79 Å². The second kappa shape index (κ2) is 6.14. The lowest BCUT2D eigenvalue weighted by Gasteiger charge is -2.16. The molecular formula is C17H15BrN2O. The average molecular weight is 343 g/mol. The van der Waals surface area contributed by atoms with Crippen LogP contribution in [0.25, 0.3) is 6.08 Å². The third-order valence-corrected chi connectivity index (χ3v) is 4.23. The van der Waals surface area contributed by atoms with Crippen molar-refractivity contribution in [1.82, 2.24) is 5.32 Å². The molecule has 1 aliphatic heterocycles. The summed E-state index contributed by atoms with van der Waals surface area (Å²) < 4.78 is 1.00. The van der Waals surface area contributed by atoms with Gasteiger partial charge in [0.05, 0.1) is 0 Å². The van der Waals surface area contributed by atoms with Crippen LogP contribution in [0.1, 0.15) is 11.1 Å². The fourth-order valence-electron chi connectivity index (χ4n) is 2.44. The van der Waals surface area contributed by atoms with E-state index in [4.69, 9.17) is 0 Å². The smallest absolute Gasteiger partial charge is 0.314 e. The number of benzene rings is 2. The molecule has 0 spiro atoms. The molecule has 0 aromatic heterocycles. The maximum Gasteiger partial charge on any atom is 0.325 e. The van der Waals surface area contributed by atoms with Gasteiger partial charge in [0, 0.05) is 22.9 Å². The predicted octanol–water partition coefficient (Wildman–Crippen LogP) is 4.19. The molecule has 106 valence electrons. The summed E-state index contributed by atoms with van der Waals surface area (Å²) in [5, 5.41) is 2.83. The Kier molecular flexibility index (Phi) is 4.06. The van der Waals surface area contributed by atoms with Crippen LogP contribution in [0.3, 0.4) is 0 Å². The topological polar surface area (TPSA) is 32.3 Å². The molecule has 0 unspecified atom stereocenters. The van der Waals surface area contributed by atoms with Gasteiger partial charge in [-0.1, -0.05) is 52.3 Å². The van der Waals surface area contributed by atoms with Gasteiger partial charge >= 0.3 is 6.03 Å². The molecular weight excluding hydrogens is 328 g/mol. The van der Waals surface area contributed by atoms with Gasteiger partial charge in [-0.15, -0.1) is 0 Å². The Morgan fingerprint density at radius 1 is 1.14 bits per heavy atom. The Morgan fingerprint density at radius 3 is 2.76 bits per heavy atom. The van der Waals surface area contributed by atoms with Gasteiger partial charge < -0.3 is 5.32 Å². The predicted molar refractivity (Wildman–Crippen MR) is 89.2 cm³/mol. The van der Waals surface area contributed by atoms with Gasteiger partial charge in [-0.2, -0.15) is 0 Å². The maximum absolute atomic E-state index is 12.2. The number of nitrogens with one attached hydrogen (secondary N) is 1. The molecule has 0 atom stereocenters. The maximum atomic E-state index is 12.2. The van der Waals surface area contributed by atoms with Crippen molar-refractivity contribution >= 4 is 33.7 Å². The number of amides is 2. The number of rotatable bonds is 2. The lowest BCUT2D eigenvalue weighted by molar-refractivity contribution is 0.250. The molecule has 1 heterocycles. The zero-order chi connectivity index (χ0) is 14.7. The molecule has 4 heteroatoms. The minimum Gasteiger partial charge on any atom is -0.314 e. The third kappa shape index (κ3) is 3.00. The van der Waals surface area contributed by atoms with E-state index in [1.165, 1.54) is 5.56 Å². The van der Waals surface area contributed by atoms with Crippen LogP contribution in [-0.4, -0.2) is 12.6 Å². The number of hydrogen-bond donors (Lipinski definition) is 1. The summed E-state index contributed by atoms with van der Waals surface area (Å²) in [5.41, 5.74) is 3.26. The number of para-hydroxylation sites is 1. The highest BCUT2D eigenvalue weighted by Crippen LogP contribution is 2.27. The first-order chi connectivity index (χ1) is 10.3. The number of halogens is 1. The van der Waals surface area contributed by atoms with Crippen molar-refractivity contribution in [3.8, 4) is 0 Å². The normalized spacial score (nSPS) is 13.5. The molecule has 3 nitrogen and oxygen atoms in total. The zero-order valence-corrected chi connectivity index (χ0v) is 13.0. The molecule has 0 bridgehead atoms. The fraction of sp³-hybridized carbons (Fsp3) is 0.118. The summed E-state index contributed by atoms with van der Waals surface area (Å²) in [5.74, 6) is 0. The van der Waals surface area contributed by atoms with Crippen LogP contribution in [0.4, 0.5) is 10.5 Å². The molecule has 0 saturated heterocycles. The molecule has 1 aliphatic rings. The Hall–Kier alpha value is -2.07. The van der Waals surface area contributed by atoms with Gasteiger partial charge in [0.15, 0.2) is 0 Å². The minimum absolute atomic E-state index is 0.0942. The zero-order valence-electron chi connectivity index (χ0n) is 11.4. The van der Waals surface area contributed by atoms with Crippen molar-refractivity contribution in [2.24, 2.45) is 0 Å². The van der Waals surface area contributed by atoms with Crippen molar-refractivity contribution in [2.45, 2.75) is 6.42 Å². The Balaban J connectivity index is 1.67. The number of nitrogens with zero attached hydrogens (tertiary/aromatic N) is 1. The van der Waals surface area contributed by atoms with Crippen LogP contribution >= 0.6 is 15.9 Å². The van der Waals surface area contributed by atoms with Crippen LogP contribution in [0, 0.1) is 0 Å². The number of fused-ring (bicyclic) bond motifs is 1. The Bertz CT molecular complexity index is 697. The van der Waals surface area contributed by atoms with Crippen molar-refractivity contribution < 1.29 is 4.79 Å². The van der Waals surface area contributed by atoms with Gasteiger partial charge in [0.2, 0.25) is 0 Å². The van der Waals surface area contributed by atoms with E-state index in [1.807, 2.05) is 48.5 Å². The summed E-state index contributed by atoms with van der Waals surface area (Å²) in [6.45, 7) is 0.730. The highest BCUT2D eigenvalue weighted by atomic mass is 79.9. The Morgan fingerprint density at radius 2 is 1.90 bits per heavy atom. The standard InChI is InChI=1S/C17H15BrN2O/c18-15-7-3-1-5-13(15)9-11-19-17(21)20-12-10-14-6-2-4-8-16(14)20/h1-9,11H,10,12H2,(H,19,21)/b11-9+. The summed E-state index contributed by atoms with van der Waals surface area (Å²) in [6.07, 6.45) is 4.48. The highest BCUT2D eigenvalue weighted by Gasteiger charge is 2.23. The lowest BCUT2D eigenvalue weighted by atomic mass is 10.2. The molecule has 0 aliphatic carbocycles. The summed E-state index contributed by atoms with van der Waals surface area (Å²) >= 11 is 3.48. The number of urea groups is 1. The van der Waals surface area contributed by atoms with Crippen LogP contribution in [0.5, 0.6) is 0 Å². The molecule has 2 aromatic rings. The molecule has 0 saturated carbocycles. The molecule has 2 aromatic carbocycles. The minimum atomic E-state index is -0.0942. The highest BCUT2D eigenvalue weighted by molar-refractivity contribution is 9.10. The quantitative estimate of drug-likeness (QED) is 0.871. The van der Waals surface area contributed by atoms with Crippen molar-refractivity contribution in [2.75, 3.05) is 11.4 Å². The van der Waals surface area contributed by atoms with E-state index in [0.717, 1.165) is 28.7 Å². The summed E-state index contributed by atoms with van der Waals surface area (Å²) in [4.78, 5) is 14.0. The van der Waals surface area contributed by atoms with Crippen molar-refractivity contribution in [3.63, 3.8) is 0 Å². The second-order valence-corrected chi connectivity index (χ2v) is 5.69. The van der Waals surface area contributed by atoms with E-state index in [-0.39, 0.29) is 6.03 Å². The van der Waals surface area contributed by atoms with Crippen LogP contribution < -0.4 is 10.2 Å². The second-order valence-electron chi connectivity index (χ2n) is 4.83. The fourth-order valence-corrected chi connectivity index (χ4v) is 2.86. The van der Waals surface area contributed by atoms with Crippen LogP contribution in [-0.2, 0) is 6.42 Å². The molecule has 0 radical (unpaired) electrons. The number of anilines is 1. The SMILES string of the molecule is O=C(N/C=C/c1ccccc1Br)N1CCc2ccccc21. The molecule has 3 rings (SSSR count). The van der Waals surface area contributed by atoms with E-state index in [2.05, 4.69) is 27.3 Å². The molecule has 21 heavy (non-hydrogen) atoms. The summed E-state index contributed by atoms with van der Waals surface area (Å²) in [7, 11) is 0. The third-order valence-electron chi connectivity index (χ3n) is 3.51. The van der Waals surface area contributed by atoms with Gasteiger partial charge in [-0.3, -0.25) is 4.90 Å². The Labute approximate surface area is 132 Å². The summed E-state index contributed by atoms with van der Waals surface area (Å²) in [6, 6.07) is 15.8. The molecule has 2 amide bonds. The first-order valence-electron chi connectivity index (χ1n) is 6.83. The number of hydrogen-bond acceptors (Lipinski definition) is 1. The van der Waals surface area contributed by atoms with E-state index in [0.29, 0.717) is 0 Å². The van der Waals surface area contributed by atoms with Gasteiger partial charge in [0.1, 0.15) is 0 Å². The van der Waals surface area contributed by atoms with E-state index >= 15 is 0 Å². The first-order valence-corrected chi connectivity index (χ1v) is 7.62. The monoisotopic (exact) mass is 342 g/mol.